The molecule has 2 amide bonds. The summed E-state index contributed by atoms with van der Waals surface area (Å²) in [6, 6.07) is 23.6. The number of nitrogens with zero attached hydrogens (tertiary/aromatic N) is 2. The number of para-hydroxylation sites is 1. The van der Waals surface area contributed by atoms with Crippen LogP contribution >= 0.6 is 0 Å². The van der Waals surface area contributed by atoms with Crippen LogP contribution in [0.25, 0.3) is 0 Å². The number of ketones is 1. The van der Waals surface area contributed by atoms with Crippen molar-refractivity contribution < 1.29 is 14.4 Å². The molecule has 0 bridgehead atoms. The van der Waals surface area contributed by atoms with Gasteiger partial charge in [0.2, 0.25) is 5.78 Å². The van der Waals surface area contributed by atoms with Crippen LogP contribution in [0.2, 0.25) is 0 Å². The van der Waals surface area contributed by atoms with E-state index < -0.39 is 6.17 Å². The SMILES string of the molecule is O=C1c2ccccc2C(=O)N2c3ccccc3C(=O)N(CCc3ccccc3)C12. The number of hydrogen-bond donors (Lipinski definition) is 0. The number of carbonyl (C=O) groups is 3. The Morgan fingerprint density at radius 1 is 0.655 bits per heavy atom. The molecule has 0 fully saturated rings. The molecule has 2 aliphatic rings. The minimum Gasteiger partial charge on any atom is -0.310 e. The Hall–Kier alpha value is -3.73. The number of fused-ring (bicyclic) bond motifs is 4. The van der Waals surface area contributed by atoms with Crippen LogP contribution < -0.4 is 4.90 Å². The minimum atomic E-state index is -0.955. The predicted octanol–water partition coefficient (Wildman–Crippen LogP) is 3.55. The molecule has 0 aromatic heterocycles. The van der Waals surface area contributed by atoms with Crippen molar-refractivity contribution in [2.24, 2.45) is 0 Å². The Morgan fingerprint density at radius 3 is 2.03 bits per heavy atom. The first-order chi connectivity index (χ1) is 14.2. The van der Waals surface area contributed by atoms with Crippen LogP contribution in [-0.2, 0) is 6.42 Å². The van der Waals surface area contributed by atoms with Gasteiger partial charge in [-0.3, -0.25) is 19.3 Å². The van der Waals surface area contributed by atoms with Gasteiger partial charge in [0.25, 0.3) is 11.8 Å². The van der Waals surface area contributed by atoms with Gasteiger partial charge in [-0.15, -0.1) is 0 Å². The fraction of sp³-hybridized carbons (Fsp3) is 0.125. The van der Waals surface area contributed by atoms with Crippen LogP contribution in [0.4, 0.5) is 5.69 Å². The Labute approximate surface area is 168 Å². The van der Waals surface area contributed by atoms with E-state index in [0.29, 0.717) is 35.3 Å². The third-order valence-electron chi connectivity index (χ3n) is 5.56. The molecule has 142 valence electrons. The summed E-state index contributed by atoms with van der Waals surface area (Å²) in [6.07, 6.45) is -0.356. The lowest BCUT2D eigenvalue weighted by Crippen LogP contribution is -2.63. The molecule has 1 unspecified atom stereocenters. The van der Waals surface area contributed by atoms with Crippen LogP contribution in [0.1, 0.15) is 36.6 Å². The lowest BCUT2D eigenvalue weighted by atomic mass is 9.91. The number of carbonyl (C=O) groups excluding carboxylic acids is 3. The maximum Gasteiger partial charge on any atom is 0.261 e. The molecule has 3 aromatic carbocycles. The normalized spacial score (nSPS) is 17.7. The number of rotatable bonds is 3. The fourth-order valence-corrected chi connectivity index (χ4v) is 4.15. The van der Waals surface area contributed by atoms with Crippen molar-refractivity contribution in [3.8, 4) is 0 Å². The highest BCUT2D eigenvalue weighted by Crippen LogP contribution is 2.37. The van der Waals surface area contributed by atoms with E-state index in [9.17, 15) is 14.4 Å². The number of Topliss-reactive ketones (excluding diaryl/α,β-unsaturated/α-hetero) is 1. The lowest BCUT2D eigenvalue weighted by Gasteiger charge is -2.45. The molecule has 0 radical (unpaired) electrons. The predicted molar refractivity (Wildman–Crippen MR) is 109 cm³/mol. The smallest absolute Gasteiger partial charge is 0.261 e. The second-order valence-electron chi connectivity index (χ2n) is 7.21. The van der Waals surface area contributed by atoms with Gasteiger partial charge in [-0.25, -0.2) is 0 Å². The van der Waals surface area contributed by atoms with Crippen LogP contribution in [0, 0.1) is 0 Å². The summed E-state index contributed by atoms with van der Waals surface area (Å²) in [4.78, 5) is 43.0. The summed E-state index contributed by atoms with van der Waals surface area (Å²) in [7, 11) is 0. The molecule has 5 nitrogen and oxygen atoms in total. The van der Waals surface area contributed by atoms with Gasteiger partial charge in [-0.2, -0.15) is 0 Å². The van der Waals surface area contributed by atoms with Gasteiger partial charge in [-0.05, 0) is 30.2 Å². The van der Waals surface area contributed by atoms with Gasteiger partial charge < -0.3 is 4.90 Å². The molecule has 0 N–H and O–H groups in total. The quantitative estimate of drug-likeness (QED) is 0.696. The molecule has 0 aliphatic carbocycles. The highest BCUT2D eigenvalue weighted by atomic mass is 16.2. The minimum absolute atomic E-state index is 0.224. The molecule has 2 aliphatic heterocycles. The van der Waals surface area contributed by atoms with Crippen molar-refractivity contribution in [1.29, 1.82) is 0 Å². The second-order valence-corrected chi connectivity index (χ2v) is 7.21. The van der Waals surface area contributed by atoms with Crippen molar-refractivity contribution >= 4 is 23.3 Å². The second kappa shape index (κ2) is 6.71. The standard InChI is InChI=1S/C24H18N2O3/c27-21-17-10-4-5-11-18(17)24(29)26-20-13-7-6-12-19(20)23(28)25(22(21)26)15-14-16-8-2-1-3-9-16/h1-13,22H,14-15H2. The topological polar surface area (TPSA) is 57.7 Å². The Balaban J connectivity index is 1.62. The van der Waals surface area contributed by atoms with Crippen molar-refractivity contribution in [3.63, 3.8) is 0 Å². The third kappa shape index (κ3) is 2.66. The average Bonchev–Trinajstić information content (AvgIpc) is 2.77. The molecular weight excluding hydrogens is 364 g/mol. The number of anilines is 1. The summed E-state index contributed by atoms with van der Waals surface area (Å²) >= 11 is 0. The molecule has 0 spiro atoms. The van der Waals surface area contributed by atoms with Crippen LogP contribution in [0.5, 0.6) is 0 Å². The zero-order valence-corrected chi connectivity index (χ0v) is 15.6. The van der Waals surface area contributed by atoms with Crippen molar-refractivity contribution in [3.05, 3.63) is 101 Å². The fourth-order valence-electron chi connectivity index (χ4n) is 4.15. The highest BCUT2D eigenvalue weighted by molar-refractivity contribution is 6.25. The van der Waals surface area contributed by atoms with Crippen LogP contribution in [-0.4, -0.2) is 35.2 Å². The van der Waals surface area contributed by atoms with Crippen LogP contribution in [0.15, 0.2) is 78.9 Å². The van der Waals surface area contributed by atoms with E-state index in [1.807, 2.05) is 30.3 Å². The van der Waals surface area contributed by atoms with Gasteiger partial charge in [0.1, 0.15) is 0 Å². The molecule has 0 saturated carbocycles. The first kappa shape index (κ1) is 17.4. The molecule has 0 saturated heterocycles. The first-order valence-corrected chi connectivity index (χ1v) is 9.57. The molecular formula is C24H18N2O3. The van der Waals surface area contributed by atoms with E-state index in [1.165, 1.54) is 9.80 Å². The summed E-state index contributed by atoms with van der Waals surface area (Å²) in [5.41, 5.74) is 2.75. The zero-order chi connectivity index (χ0) is 20.0. The molecule has 3 aromatic rings. The maximum absolute atomic E-state index is 13.4. The van der Waals surface area contributed by atoms with E-state index in [2.05, 4.69) is 0 Å². The van der Waals surface area contributed by atoms with E-state index in [-0.39, 0.29) is 17.6 Å². The lowest BCUT2D eigenvalue weighted by molar-refractivity contribution is 0.0557. The highest BCUT2D eigenvalue weighted by Gasteiger charge is 2.48. The van der Waals surface area contributed by atoms with Gasteiger partial charge >= 0.3 is 0 Å². The van der Waals surface area contributed by atoms with Crippen molar-refractivity contribution in [1.82, 2.24) is 4.90 Å². The van der Waals surface area contributed by atoms with Crippen molar-refractivity contribution in [2.45, 2.75) is 12.6 Å². The number of hydrogen-bond acceptors (Lipinski definition) is 3. The third-order valence-corrected chi connectivity index (χ3v) is 5.56. The van der Waals surface area contributed by atoms with Gasteiger partial charge in [0.15, 0.2) is 6.17 Å². The molecule has 2 heterocycles. The first-order valence-electron chi connectivity index (χ1n) is 9.57. The molecule has 29 heavy (non-hydrogen) atoms. The molecule has 5 rings (SSSR count). The van der Waals surface area contributed by atoms with Gasteiger partial charge in [0, 0.05) is 12.1 Å². The Morgan fingerprint density at radius 2 is 1.28 bits per heavy atom. The van der Waals surface area contributed by atoms with Gasteiger partial charge in [-0.1, -0.05) is 60.7 Å². The van der Waals surface area contributed by atoms with E-state index >= 15 is 0 Å². The van der Waals surface area contributed by atoms with Gasteiger partial charge in [0.05, 0.1) is 16.8 Å². The van der Waals surface area contributed by atoms with E-state index in [0.717, 1.165) is 5.56 Å². The Kier molecular flexibility index (Phi) is 4.02. The number of amides is 2. The molecule has 1 atom stereocenters. The monoisotopic (exact) mass is 382 g/mol. The molecule has 5 heteroatoms. The summed E-state index contributed by atoms with van der Waals surface area (Å²) < 4.78 is 0. The zero-order valence-electron chi connectivity index (χ0n) is 15.6. The summed E-state index contributed by atoms with van der Waals surface area (Å²) in [5, 5.41) is 0. The maximum atomic E-state index is 13.4. The summed E-state index contributed by atoms with van der Waals surface area (Å²) in [6.45, 7) is 0.347. The van der Waals surface area contributed by atoms with Crippen molar-refractivity contribution in [2.75, 3.05) is 11.4 Å². The average molecular weight is 382 g/mol. The van der Waals surface area contributed by atoms with E-state index in [1.54, 1.807) is 48.5 Å². The largest absolute Gasteiger partial charge is 0.310 e. The van der Waals surface area contributed by atoms with E-state index in [4.69, 9.17) is 0 Å². The van der Waals surface area contributed by atoms with Crippen LogP contribution in [0.3, 0.4) is 0 Å². The summed E-state index contributed by atoms with van der Waals surface area (Å²) in [5.74, 6) is -0.704. The number of benzene rings is 3. The Bertz CT molecular complexity index is 1140.